The van der Waals surface area contributed by atoms with Crippen LogP contribution in [-0.4, -0.2) is 28.7 Å². The summed E-state index contributed by atoms with van der Waals surface area (Å²) in [5, 5.41) is 16.9. The van der Waals surface area contributed by atoms with Gasteiger partial charge in [0.2, 0.25) is 0 Å². The molecular formula is C9H9NO5. The van der Waals surface area contributed by atoms with Gasteiger partial charge in [0, 0.05) is 0 Å². The molecule has 0 saturated carbocycles. The highest BCUT2D eigenvalue weighted by atomic mass is 16.6. The van der Waals surface area contributed by atoms with Gasteiger partial charge in [-0.3, -0.25) is 4.79 Å². The van der Waals surface area contributed by atoms with Crippen molar-refractivity contribution in [3.05, 3.63) is 29.8 Å². The predicted octanol–water partition coefficient (Wildman–Crippen LogP) is 0.353. The normalized spacial score (nSPS) is 9.60. The summed E-state index contributed by atoms with van der Waals surface area (Å²) in [4.78, 5) is 25.4. The number of aliphatic carboxylic acids is 1. The smallest absolute Gasteiger partial charge is 0.335 e. The number of nitrogens with one attached hydrogen (secondary N) is 1. The van der Waals surface area contributed by atoms with Crippen LogP contribution < -0.4 is 10.3 Å². The lowest BCUT2D eigenvalue weighted by molar-refractivity contribution is -0.137. The first-order valence-electron chi connectivity index (χ1n) is 4.04. The van der Waals surface area contributed by atoms with E-state index in [0.29, 0.717) is 5.75 Å². The number of carboxylic acid groups (broad SMARTS) is 2. The van der Waals surface area contributed by atoms with Crippen LogP contribution in [0.5, 0.6) is 5.75 Å². The molecule has 0 unspecified atom stereocenters. The van der Waals surface area contributed by atoms with E-state index in [0.717, 1.165) is 0 Å². The molecule has 0 radical (unpaired) electrons. The minimum atomic E-state index is -1.04. The molecule has 0 aromatic heterocycles. The first kappa shape index (κ1) is 11.0. The van der Waals surface area contributed by atoms with Gasteiger partial charge in [0.1, 0.15) is 12.3 Å². The molecule has 1 rings (SSSR count). The molecule has 1 aromatic rings. The monoisotopic (exact) mass is 211 g/mol. The van der Waals surface area contributed by atoms with Crippen molar-refractivity contribution in [2.45, 2.75) is 0 Å². The van der Waals surface area contributed by atoms with Crippen molar-refractivity contribution < 1.29 is 24.6 Å². The second kappa shape index (κ2) is 4.97. The number of hydroxylamine groups is 1. The van der Waals surface area contributed by atoms with Crippen molar-refractivity contribution in [1.29, 1.82) is 0 Å². The molecular weight excluding hydrogens is 202 g/mol. The van der Waals surface area contributed by atoms with Gasteiger partial charge < -0.3 is 15.1 Å². The standard InChI is InChI=1S/C9H9NO5/c11-8(12)5-10-15-7-3-1-6(2-4-7)9(13)14/h1-4,10H,5H2,(H,11,12)(H,13,14). The molecule has 3 N–H and O–H groups in total. The molecule has 0 aliphatic heterocycles. The van der Waals surface area contributed by atoms with Crippen LogP contribution in [0.2, 0.25) is 0 Å². The van der Waals surface area contributed by atoms with Crippen LogP contribution >= 0.6 is 0 Å². The first-order valence-corrected chi connectivity index (χ1v) is 4.04. The van der Waals surface area contributed by atoms with Gasteiger partial charge in [0.25, 0.3) is 0 Å². The molecule has 6 nitrogen and oxygen atoms in total. The van der Waals surface area contributed by atoms with Gasteiger partial charge in [-0.25, -0.2) is 4.79 Å². The van der Waals surface area contributed by atoms with Crippen molar-refractivity contribution >= 4 is 11.9 Å². The fraction of sp³-hybridized carbons (Fsp3) is 0.111. The lowest BCUT2D eigenvalue weighted by atomic mass is 10.2. The van der Waals surface area contributed by atoms with Crippen molar-refractivity contribution in [1.82, 2.24) is 5.48 Å². The third-order valence-electron chi connectivity index (χ3n) is 1.51. The summed E-state index contributed by atoms with van der Waals surface area (Å²) >= 11 is 0. The molecule has 80 valence electrons. The van der Waals surface area contributed by atoms with Crippen LogP contribution in [0.1, 0.15) is 10.4 Å². The van der Waals surface area contributed by atoms with Gasteiger partial charge >= 0.3 is 11.9 Å². The van der Waals surface area contributed by atoms with Gasteiger partial charge in [-0.05, 0) is 24.3 Å². The summed E-state index contributed by atoms with van der Waals surface area (Å²) in [5.74, 6) is -1.72. The minimum Gasteiger partial charge on any atom is -0.480 e. The van der Waals surface area contributed by atoms with E-state index in [4.69, 9.17) is 15.1 Å². The van der Waals surface area contributed by atoms with E-state index in [2.05, 4.69) is 5.48 Å². The maximum absolute atomic E-state index is 10.5. The Hall–Kier alpha value is -2.08. The van der Waals surface area contributed by atoms with Gasteiger partial charge in [0.05, 0.1) is 5.56 Å². The lowest BCUT2D eigenvalue weighted by Gasteiger charge is -2.04. The molecule has 0 amide bonds. The number of aromatic carboxylic acids is 1. The van der Waals surface area contributed by atoms with Crippen molar-refractivity contribution in [3.63, 3.8) is 0 Å². The Morgan fingerprint density at radius 2 is 1.80 bits per heavy atom. The Kier molecular flexibility index (Phi) is 3.64. The molecule has 0 heterocycles. The molecule has 1 aromatic carbocycles. The van der Waals surface area contributed by atoms with Crippen molar-refractivity contribution in [3.8, 4) is 5.75 Å². The lowest BCUT2D eigenvalue weighted by Crippen LogP contribution is -2.25. The molecule has 0 bridgehead atoms. The Bertz CT molecular complexity index is 359. The van der Waals surface area contributed by atoms with Crippen molar-refractivity contribution in [2.24, 2.45) is 0 Å². The van der Waals surface area contributed by atoms with Gasteiger partial charge in [0.15, 0.2) is 0 Å². The maximum atomic E-state index is 10.5. The summed E-state index contributed by atoms with van der Waals surface area (Å²) in [6.45, 7) is -0.333. The van der Waals surface area contributed by atoms with Crippen LogP contribution in [0.25, 0.3) is 0 Å². The highest BCUT2D eigenvalue weighted by Gasteiger charge is 2.02. The number of carboxylic acids is 2. The molecule has 0 atom stereocenters. The number of carbonyl (C=O) groups is 2. The zero-order chi connectivity index (χ0) is 11.3. The third-order valence-corrected chi connectivity index (χ3v) is 1.51. The van der Waals surface area contributed by atoms with E-state index in [1.54, 1.807) is 0 Å². The fourth-order valence-electron chi connectivity index (χ4n) is 0.847. The van der Waals surface area contributed by atoms with Crippen LogP contribution in [0.3, 0.4) is 0 Å². The van der Waals surface area contributed by atoms with E-state index in [1.165, 1.54) is 24.3 Å². The quantitative estimate of drug-likeness (QED) is 0.608. The van der Waals surface area contributed by atoms with E-state index in [9.17, 15) is 9.59 Å². The highest BCUT2D eigenvalue weighted by molar-refractivity contribution is 5.87. The summed E-state index contributed by atoms with van der Waals surface area (Å²) < 4.78 is 0. The van der Waals surface area contributed by atoms with E-state index < -0.39 is 11.9 Å². The topological polar surface area (TPSA) is 95.9 Å². The van der Waals surface area contributed by atoms with Crippen molar-refractivity contribution in [2.75, 3.05) is 6.54 Å². The first-order chi connectivity index (χ1) is 7.09. The van der Waals surface area contributed by atoms with Crippen LogP contribution in [0.15, 0.2) is 24.3 Å². The maximum Gasteiger partial charge on any atom is 0.335 e. The molecule has 0 spiro atoms. The summed E-state index contributed by atoms with van der Waals surface area (Å²) in [7, 11) is 0. The van der Waals surface area contributed by atoms with Crippen LogP contribution in [0.4, 0.5) is 0 Å². The zero-order valence-corrected chi connectivity index (χ0v) is 7.64. The minimum absolute atomic E-state index is 0.139. The third kappa shape index (κ3) is 3.65. The predicted molar refractivity (Wildman–Crippen MR) is 49.7 cm³/mol. The number of hydrogen-bond acceptors (Lipinski definition) is 4. The highest BCUT2D eigenvalue weighted by Crippen LogP contribution is 2.10. The largest absolute Gasteiger partial charge is 0.480 e. The van der Waals surface area contributed by atoms with E-state index >= 15 is 0 Å². The Morgan fingerprint density at radius 3 is 2.27 bits per heavy atom. The average Bonchev–Trinajstić information content (AvgIpc) is 2.18. The Labute approximate surface area is 85.1 Å². The van der Waals surface area contributed by atoms with Gasteiger partial charge in [-0.15, -0.1) is 5.48 Å². The average molecular weight is 211 g/mol. The summed E-state index contributed by atoms with van der Waals surface area (Å²) in [5.41, 5.74) is 2.34. The number of rotatable bonds is 5. The molecule has 0 saturated heterocycles. The number of benzene rings is 1. The molecule has 6 heteroatoms. The molecule has 0 aliphatic carbocycles. The second-order valence-electron chi connectivity index (χ2n) is 2.65. The molecule has 0 aliphatic rings. The fourth-order valence-corrected chi connectivity index (χ4v) is 0.847. The van der Waals surface area contributed by atoms with Crippen LogP contribution in [0, 0.1) is 0 Å². The van der Waals surface area contributed by atoms with E-state index in [-0.39, 0.29) is 12.1 Å². The second-order valence-corrected chi connectivity index (χ2v) is 2.65. The number of hydrogen-bond donors (Lipinski definition) is 3. The Morgan fingerprint density at radius 1 is 1.20 bits per heavy atom. The van der Waals surface area contributed by atoms with Crippen LogP contribution in [-0.2, 0) is 4.79 Å². The molecule has 15 heavy (non-hydrogen) atoms. The SMILES string of the molecule is O=C(O)CNOc1ccc(C(=O)O)cc1. The summed E-state index contributed by atoms with van der Waals surface area (Å²) in [6, 6.07) is 5.58. The summed E-state index contributed by atoms with van der Waals surface area (Å²) in [6.07, 6.45) is 0. The van der Waals surface area contributed by atoms with E-state index in [1.807, 2.05) is 0 Å². The van der Waals surface area contributed by atoms with Gasteiger partial charge in [-0.2, -0.15) is 0 Å². The zero-order valence-electron chi connectivity index (χ0n) is 7.64. The Balaban J connectivity index is 2.50. The van der Waals surface area contributed by atoms with Gasteiger partial charge in [-0.1, -0.05) is 0 Å². The molecule has 0 fully saturated rings.